The van der Waals surface area contributed by atoms with Crippen LogP contribution in [0.2, 0.25) is 0 Å². The Kier molecular flexibility index (Phi) is 4.50. The zero-order valence-corrected chi connectivity index (χ0v) is 8.96. The molecular formula is C12H12N2O3. The van der Waals surface area contributed by atoms with Crippen LogP contribution in [0.25, 0.3) is 0 Å². The number of carboxylic acids is 1. The van der Waals surface area contributed by atoms with Crippen molar-refractivity contribution in [1.82, 2.24) is 0 Å². The first-order valence-corrected chi connectivity index (χ1v) is 4.83. The van der Waals surface area contributed by atoms with Gasteiger partial charge in [0.25, 0.3) is 5.82 Å². The van der Waals surface area contributed by atoms with Gasteiger partial charge in [0.2, 0.25) is 0 Å². The zero-order chi connectivity index (χ0) is 12.7. The standard InChI is InChI=1S/C7H6O3.C5H6N2/c8-6-4-2-1-3-5(6)7(9)10;6-5-3-1-2-4-7-5/h1-4,8H,(H,9,10);1-4H,(H2,6,7). The molecule has 0 fully saturated rings. The fraction of sp³-hybridized carbons (Fsp3) is 0. The fourth-order valence-electron chi connectivity index (χ4n) is 1.05. The Balaban J connectivity index is 0.000000181. The smallest absolute Gasteiger partial charge is 0.335 e. The number of pyridine rings is 1. The maximum Gasteiger partial charge on any atom is 0.335 e. The highest BCUT2D eigenvalue weighted by molar-refractivity contribution is 5.90. The second kappa shape index (κ2) is 6.12. The van der Waals surface area contributed by atoms with Crippen LogP contribution in [0.1, 0.15) is 10.4 Å². The monoisotopic (exact) mass is 232 g/mol. The normalized spacial score (nSPS) is 8.94. The van der Waals surface area contributed by atoms with Gasteiger partial charge in [0.1, 0.15) is 0 Å². The molecule has 1 heterocycles. The first kappa shape index (κ1) is 12.5. The van der Waals surface area contributed by atoms with Crippen LogP contribution >= 0.6 is 0 Å². The van der Waals surface area contributed by atoms with Crippen molar-refractivity contribution in [1.29, 1.82) is 0 Å². The Morgan fingerprint density at radius 1 is 1.18 bits per heavy atom. The number of rotatable bonds is 1. The van der Waals surface area contributed by atoms with Gasteiger partial charge in [0.15, 0.2) is 0 Å². The van der Waals surface area contributed by atoms with E-state index < -0.39 is 11.7 Å². The van der Waals surface area contributed by atoms with Gasteiger partial charge in [-0.3, -0.25) is 5.73 Å². The van der Waals surface area contributed by atoms with Crippen LogP contribution in [0.5, 0.6) is 5.75 Å². The van der Waals surface area contributed by atoms with Crippen LogP contribution in [-0.4, -0.2) is 11.1 Å². The van der Waals surface area contributed by atoms with E-state index in [1.165, 1.54) is 24.3 Å². The summed E-state index contributed by atoms with van der Waals surface area (Å²) in [5.41, 5.74) is 5.12. The van der Waals surface area contributed by atoms with Crippen molar-refractivity contribution in [3.63, 3.8) is 0 Å². The molecule has 4 N–H and O–H groups in total. The van der Waals surface area contributed by atoms with Gasteiger partial charge in [-0.15, -0.1) is 0 Å². The SMILES string of the molecule is Nc1cccc[nH+]1.O=C(O)c1ccccc1[O-]. The van der Waals surface area contributed by atoms with E-state index >= 15 is 0 Å². The molecule has 0 atom stereocenters. The molecule has 0 aliphatic rings. The molecule has 0 radical (unpaired) electrons. The number of carboxylic acid groups (broad SMARTS) is 1. The topological polar surface area (TPSA) is 101 Å². The van der Waals surface area contributed by atoms with Crippen LogP contribution in [-0.2, 0) is 0 Å². The van der Waals surface area contributed by atoms with Crippen molar-refractivity contribution in [2.45, 2.75) is 0 Å². The number of aromatic nitrogens is 1. The molecule has 0 amide bonds. The largest absolute Gasteiger partial charge is 0.872 e. The lowest BCUT2D eigenvalue weighted by Gasteiger charge is -2.07. The van der Waals surface area contributed by atoms with Crippen LogP contribution in [0.3, 0.4) is 0 Å². The second-order valence-corrected chi connectivity index (χ2v) is 3.12. The summed E-state index contributed by atoms with van der Waals surface area (Å²) in [6.45, 7) is 0. The molecule has 17 heavy (non-hydrogen) atoms. The highest BCUT2D eigenvalue weighted by Crippen LogP contribution is 2.10. The van der Waals surface area contributed by atoms with Crippen molar-refractivity contribution in [2.75, 3.05) is 5.73 Å². The summed E-state index contributed by atoms with van der Waals surface area (Å²) < 4.78 is 0. The van der Waals surface area contributed by atoms with Gasteiger partial charge >= 0.3 is 5.97 Å². The minimum atomic E-state index is -1.18. The molecule has 0 saturated carbocycles. The highest BCUT2D eigenvalue weighted by Gasteiger charge is 1.99. The third-order valence-electron chi connectivity index (χ3n) is 1.85. The van der Waals surface area contributed by atoms with E-state index in [0.717, 1.165) is 0 Å². The maximum atomic E-state index is 10.7. The molecule has 1 aromatic carbocycles. The molecule has 1 aromatic heterocycles. The predicted molar refractivity (Wildman–Crippen MR) is 60.3 cm³/mol. The number of anilines is 1. The predicted octanol–water partition coefficient (Wildman–Crippen LogP) is 0.541. The lowest BCUT2D eigenvalue weighted by molar-refractivity contribution is -0.360. The highest BCUT2D eigenvalue weighted by atomic mass is 16.4. The van der Waals surface area contributed by atoms with Crippen LogP contribution < -0.4 is 15.8 Å². The summed E-state index contributed by atoms with van der Waals surface area (Å²) in [6.07, 6.45) is 1.79. The number of hydrogen-bond donors (Lipinski definition) is 2. The van der Waals surface area contributed by atoms with Crippen LogP contribution in [0.4, 0.5) is 5.82 Å². The average molecular weight is 232 g/mol. The number of H-pyrrole nitrogens is 1. The van der Waals surface area contributed by atoms with E-state index in [9.17, 15) is 9.90 Å². The lowest BCUT2D eigenvalue weighted by atomic mass is 10.2. The van der Waals surface area contributed by atoms with Gasteiger partial charge < -0.3 is 10.2 Å². The molecule has 0 aliphatic carbocycles. The summed E-state index contributed by atoms with van der Waals surface area (Å²) in [6, 6.07) is 11.1. The summed E-state index contributed by atoms with van der Waals surface area (Å²) in [7, 11) is 0. The van der Waals surface area contributed by atoms with Crippen LogP contribution in [0, 0.1) is 0 Å². The van der Waals surface area contributed by atoms with Crippen molar-refractivity contribution in [2.24, 2.45) is 0 Å². The van der Waals surface area contributed by atoms with Gasteiger partial charge in [-0.2, -0.15) is 0 Å². The average Bonchev–Trinajstić information content (AvgIpc) is 2.31. The third kappa shape index (κ3) is 4.21. The van der Waals surface area contributed by atoms with E-state index in [0.29, 0.717) is 5.82 Å². The van der Waals surface area contributed by atoms with Crippen molar-refractivity contribution in [3.05, 3.63) is 54.2 Å². The molecule has 5 nitrogen and oxygen atoms in total. The second-order valence-electron chi connectivity index (χ2n) is 3.12. The molecule has 5 heteroatoms. The Morgan fingerprint density at radius 3 is 2.18 bits per heavy atom. The number of aromatic carboxylic acids is 1. The summed E-state index contributed by atoms with van der Waals surface area (Å²) in [4.78, 5) is 13.0. The van der Waals surface area contributed by atoms with Gasteiger partial charge in [0, 0.05) is 6.07 Å². The number of nitrogen functional groups attached to an aromatic ring is 1. The molecule has 88 valence electrons. The first-order chi connectivity index (χ1) is 8.11. The lowest BCUT2D eigenvalue weighted by Crippen LogP contribution is -2.06. The molecule has 0 spiro atoms. The van der Waals surface area contributed by atoms with Gasteiger partial charge in [-0.25, -0.2) is 9.78 Å². The first-order valence-electron chi connectivity index (χ1n) is 4.83. The quantitative estimate of drug-likeness (QED) is 0.749. The van der Waals surface area contributed by atoms with E-state index in [1.807, 2.05) is 12.1 Å². The number of carbonyl (C=O) groups is 1. The molecule has 2 aromatic rings. The van der Waals surface area contributed by atoms with E-state index in [4.69, 9.17) is 10.8 Å². The number of nitrogens with one attached hydrogen (secondary N) is 1. The number of benzene rings is 1. The number of nitrogens with two attached hydrogens (primary N) is 1. The van der Waals surface area contributed by atoms with Crippen LogP contribution in [0.15, 0.2) is 48.7 Å². The van der Waals surface area contributed by atoms with Gasteiger partial charge in [-0.05, 0) is 12.1 Å². The minimum absolute atomic E-state index is 0.178. The summed E-state index contributed by atoms with van der Waals surface area (Å²) in [5, 5.41) is 19.0. The summed E-state index contributed by atoms with van der Waals surface area (Å²) >= 11 is 0. The minimum Gasteiger partial charge on any atom is -0.872 e. The van der Waals surface area contributed by atoms with Crippen molar-refractivity contribution < 1.29 is 20.0 Å². The fourth-order valence-corrected chi connectivity index (χ4v) is 1.05. The Hall–Kier alpha value is -2.56. The Morgan fingerprint density at radius 2 is 1.82 bits per heavy atom. The van der Waals surface area contributed by atoms with E-state index in [-0.39, 0.29) is 5.56 Å². The third-order valence-corrected chi connectivity index (χ3v) is 1.85. The number of para-hydroxylation sites is 1. The molecule has 0 saturated heterocycles. The number of aromatic amines is 1. The number of hydrogen-bond acceptors (Lipinski definition) is 3. The molecule has 0 aliphatic heterocycles. The zero-order valence-electron chi connectivity index (χ0n) is 8.96. The van der Waals surface area contributed by atoms with Gasteiger partial charge in [-0.1, -0.05) is 30.0 Å². The van der Waals surface area contributed by atoms with Crippen molar-refractivity contribution in [3.8, 4) is 5.75 Å². The van der Waals surface area contributed by atoms with Gasteiger partial charge in [0.05, 0.1) is 11.8 Å². The van der Waals surface area contributed by atoms with Crippen molar-refractivity contribution >= 4 is 11.8 Å². The van der Waals surface area contributed by atoms with E-state index in [1.54, 1.807) is 12.3 Å². The molecule has 2 rings (SSSR count). The molecular weight excluding hydrogens is 220 g/mol. The maximum absolute atomic E-state index is 10.7. The molecule has 0 unspecified atom stereocenters. The van der Waals surface area contributed by atoms with E-state index in [2.05, 4.69) is 4.98 Å². The Labute approximate surface area is 98.2 Å². The summed E-state index contributed by atoms with van der Waals surface area (Å²) in [5.74, 6) is -0.928. The molecule has 0 bridgehead atoms. The Bertz CT molecular complexity index is 486.